The van der Waals surface area contributed by atoms with Crippen LogP contribution in [0.5, 0.6) is 0 Å². The summed E-state index contributed by atoms with van der Waals surface area (Å²) in [5.41, 5.74) is 7.22. The van der Waals surface area contributed by atoms with Crippen LogP contribution in [-0.4, -0.2) is 40.3 Å². The van der Waals surface area contributed by atoms with E-state index < -0.39 is 10.0 Å². The monoisotopic (exact) mass is 454 g/mol. The number of aromatic nitrogens is 4. The Bertz CT molecular complexity index is 1320. The molecule has 0 saturated heterocycles. The number of primary amides is 1. The number of amides is 1. The average Bonchev–Trinajstić information content (AvgIpc) is 3.44. The van der Waals surface area contributed by atoms with Crippen LogP contribution in [0.15, 0.2) is 41.6 Å². The maximum absolute atomic E-state index is 12.1. The first-order chi connectivity index (χ1) is 15.2. The lowest BCUT2D eigenvalue weighted by Crippen LogP contribution is -2.41. The molecule has 0 radical (unpaired) electrons. The highest BCUT2D eigenvalue weighted by Crippen LogP contribution is 2.45. The van der Waals surface area contributed by atoms with Gasteiger partial charge in [-0.1, -0.05) is 18.2 Å². The van der Waals surface area contributed by atoms with Crippen LogP contribution in [0.4, 0.5) is 17.5 Å². The quantitative estimate of drug-likeness (QED) is 0.343. The minimum Gasteiger partial charge on any atom is -0.369 e. The zero-order chi connectivity index (χ0) is 22.6. The molecule has 7 N–H and O–H groups in total. The molecule has 12 heteroatoms. The van der Waals surface area contributed by atoms with Crippen molar-refractivity contribution in [2.24, 2.45) is 28.6 Å². The highest BCUT2D eigenvalue weighted by Gasteiger charge is 2.47. The van der Waals surface area contributed by atoms with Gasteiger partial charge in [0.1, 0.15) is 17.8 Å². The number of sulfonamides is 1. The molecule has 5 rings (SSSR count). The number of carbonyl (C=O) groups excluding carboxylic acids is 1. The molecule has 0 aromatic heterocycles. The number of primary sulfonamides is 1. The zero-order valence-electron chi connectivity index (χ0n) is 17.1. The summed E-state index contributed by atoms with van der Waals surface area (Å²) >= 11 is 0. The van der Waals surface area contributed by atoms with Crippen molar-refractivity contribution in [3.8, 4) is 11.5 Å². The Balaban J connectivity index is 1.49. The fraction of sp³-hybridized carbons (Fsp3) is 0.300. The summed E-state index contributed by atoms with van der Waals surface area (Å²) in [4.78, 5) is 28.1. The summed E-state index contributed by atoms with van der Waals surface area (Å²) in [5.74, 6) is 0.900. The van der Waals surface area contributed by atoms with Crippen LogP contribution in [0.25, 0.3) is 11.5 Å². The minimum absolute atomic E-state index is 0.0214. The summed E-state index contributed by atoms with van der Waals surface area (Å²) in [6.45, 7) is 1.67. The minimum atomic E-state index is -3.87. The number of carbonyl (C=O) groups is 1. The number of nitrogens with one attached hydrogen (secondary N) is 3. The van der Waals surface area contributed by atoms with Crippen LogP contribution in [-0.2, 0) is 14.8 Å². The molecular weight excluding hydrogens is 432 g/mol. The first-order valence-electron chi connectivity index (χ1n) is 10.1. The number of imidazole rings is 1. The maximum Gasteiger partial charge on any atom is 0.238 e. The molecule has 4 atom stereocenters. The third kappa shape index (κ3) is 3.46. The molecule has 1 fully saturated rings. The normalized spacial score (nSPS) is 24.2. The number of nitrogens with zero attached hydrogens (tertiary/aromatic N) is 3. The largest absolute Gasteiger partial charge is 0.369 e. The molecule has 1 amide bonds. The predicted octanol–water partition coefficient (Wildman–Crippen LogP) is 1.09. The highest BCUT2D eigenvalue weighted by atomic mass is 32.2. The van der Waals surface area contributed by atoms with E-state index in [2.05, 4.69) is 42.7 Å². The lowest BCUT2D eigenvalue weighted by Gasteiger charge is -2.28. The number of anilines is 3. The van der Waals surface area contributed by atoms with Gasteiger partial charge in [0.05, 0.1) is 10.8 Å². The van der Waals surface area contributed by atoms with E-state index >= 15 is 0 Å². The number of rotatable bonds is 6. The van der Waals surface area contributed by atoms with Gasteiger partial charge in [-0.2, -0.15) is 4.98 Å². The third-order valence-electron chi connectivity index (χ3n) is 6.13. The second-order valence-electron chi connectivity index (χ2n) is 8.20. The molecule has 0 unspecified atom stereocenters. The molecule has 2 aliphatic heterocycles. The van der Waals surface area contributed by atoms with Crippen LogP contribution < -0.4 is 21.5 Å². The summed E-state index contributed by atoms with van der Waals surface area (Å²) in [7, 11) is -3.87. The van der Waals surface area contributed by atoms with Gasteiger partial charge in [0.15, 0.2) is 5.82 Å². The Morgan fingerprint density at radius 1 is 1.22 bits per heavy atom. The second-order valence-corrected chi connectivity index (χ2v) is 9.73. The molecule has 166 valence electrons. The van der Waals surface area contributed by atoms with Crippen molar-refractivity contribution in [2.75, 3.05) is 10.6 Å². The average molecular weight is 455 g/mol. The van der Waals surface area contributed by atoms with Gasteiger partial charge in [-0.05, 0) is 42.9 Å². The van der Waals surface area contributed by atoms with E-state index in [0.717, 1.165) is 6.42 Å². The van der Waals surface area contributed by atoms with Crippen LogP contribution in [0.2, 0.25) is 0 Å². The first-order valence-corrected chi connectivity index (χ1v) is 11.6. The predicted molar refractivity (Wildman–Crippen MR) is 117 cm³/mol. The van der Waals surface area contributed by atoms with E-state index in [1.54, 1.807) is 19.1 Å². The van der Waals surface area contributed by atoms with E-state index in [1.165, 1.54) is 12.4 Å². The Labute approximate surface area is 184 Å². The van der Waals surface area contributed by atoms with E-state index in [1.807, 2.05) is 0 Å². The lowest BCUT2D eigenvalue weighted by molar-refractivity contribution is -0.122. The molecule has 2 bridgehead atoms. The Morgan fingerprint density at radius 3 is 2.75 bits per heavy atom. The van der Waals surface area contributed by atoms with Crippen LogP contribution in [0.3, 0.4) is 0 Å². The first kappa shape index (κ1) is 20.4. The molecule has 0 spiro atoms. The Hall–Kier alpha value is -3.51. The molecule has 2 aliphatic carbocycles. The second kappa shape index (κ2) is 7.28. The molecule has 1 aromatic rings. The van der Waals surface area contributed by atoms with Gasteiger partial charge in [0, 0.05) is 11.7 Å². The number of benzene rings is 1. The number of hydrogen-bond acceptors (Lipinski definition) is 8. The van der Waals surface area contributed by atoms with Gasteiger partial charge in [0.25, 0.3) is 0 Å². The third-order valence-corrected chi connectivity index (χ3v) is 7.19. The van der Waals surface area contributed by atoms with Gasteiger partial charge < -0.3 is 21.4 Å². The van der Waals surface area contributed by atoms with Crippen LogP contribution in [0.1, 0.15) is 12.0 Å². The van der Waals surface area contributed by atoms with Gasteiger partial charge in [-0.25, -0.2) is 23.5 Å². The fourth-order valence-electron chi connectivity index (χ4n) is 4.69. The molecule has 32 heavy (non-hydrogen) atoms. The molecule has 2 heterocycles. The molecule has 11 nitrogen and oxygen atoms in total. The van der Waals surface area contributed by atoms with Gasteiger partial charge in [-0.15, -0.1) is 0 Å². The van der Waals surface area contributed by atoms with Crippen molar-refractivity contribution < 1.29 is 13.2 Å². The Morgan fingerprint density at radius 2 is 2.00 bits per heavy atom. The van der Waals surface area contributed by atoms with Crippen LogP contribution in [0, 0.1) is 24.7 Å². The number of H-pyrrole nitrogens is 1. The van der Waals surface area contributed by atoms with Gasteiger partial charge in [0.2, 0.25) is 21.9 Å². The number of fused-ring (bicyclic) bond motifs is 3. The van der Waals surface area contributed by atoms with Crippen molar-refractivity contribution in [1.82, 2.24) is 19.9 Å². The van der Waals surface area contributed by atoms with E-state index in [4.69, 9.17) is 10.9 Å². The fourth-order valence-corrected chi connectivity index (χ4v) is 5.50. The van der Waals surface area contributed by atoms with Gasteiger partial charge in [-0.3, -0.25) is 4.79 Å². The lowest BCUT2D eigenvalue weighted by atomic mass is 9.88. The number of nitrogens with two attached hydrogens (primary N) is 2. The smallest absolute Gasteiger partial charge is 0.238 e. The van der Waals surface area contributed by atoms with Crippen molar-refractivity contribution >= 4 is 33.4 Å². The highest BCUT2D eigenvalue weighted by molar-refractivity contribution is 7.89. The van der Waals surface area contributed by atoms with Crippen molar-refractivity contribution in [2.45, 2.75) is 24.3 Å². The van der Waals surface area contributed by atoms with E-state index in [9.17, 15) is 13.2 Å². The van der Waals surface area contributed by atoms with E-state index in [-0.39, 0.29) is 34.6 Å². The number of aryl methyl sites for hydroxylation is 1. The number of hydrogen-bond donors (Lipinski definition) is 5. The topological polar surface area (TPSA) is 182 Å². The molecular formula is C20H22N8O3S. The standard InChI is InChI=1S/C20H22N8O3S/c1-9-2-5-12(7-13(9)32(22,30)31)25-20-27-18-16(23-8-24-18)19(28-20)26-15-11-4-3-10(6-11)14(15)17(21)29/h2-5,7-8,10-11,14-15H,6H2,1H3,(H2,21,29)(H2,22,30,31)(H3,23,24,25,26,27,28)/t10-,11+,14+,15-/m1/s1. The summed E-state index contributed by atoms with van der Waals surface area (Å²) in [6.07, 6.45) is 6.44. The van der Waals surface area contributed by atoms with Crippen LogP contribution >= 0.6 is 0 Å². The summed E-state index contributed by atoms with van der Waals surface area (Å²) in [5, 5.41) is 11.8. The molecule has 1 aromatic carbocycles. The van der Waals surface area contributed by atoms with Crippen molar-refractivity contribution in [3.63, 3.8) is 0 Å². The van der Waals surface area contributed by atoms with E-state index in [0.29, 0.717) is 34.5 Å². The SMILES string of the molecule is Cc1ccc(Nc2nc3ncnc-3c(N[C@H]3[C@@H](C(N)=O)[C@@H]4C=C[C@H]3C4)[nH]2)cc1S(N)(=O)=O. The van der Waals surface area contributed by atoms with Crippen molar-refractivity contribution in [3.05, 3.63) is 42.2 Å². The number of allylic oxidation sites excluding steroid dienone is 1. The molecule has 1 saturated carbocycles. The Kier molecular flexibility index (Phi) is 4.64. The van der Waals surface area contributed by atoms with Crippen molar-refractivity contribution in [1.29, 1.82) is 0 Å². The van der Waals surface area contributed by atoms with Gasteiger partial charge >= 0.3 is 0 Å². The molecule has 4 aliphatic rings. The summed E-state index contributed by atoms with van der Waals surface area (Å²) < 4.78 is 23.7. The summed E-state index contributed by atoms with van der Waals surface area (Å²) in [6, 6.07) is 4.64. The number of aromatic amines is 1. The maximum atomic E-state index is 12.1. The zero-order valence-corrected chi connectivity index (χ0v) is 17.9.